The van der Waals surface area contributed by atoms with Crippen molar-refractivity contribution in [3.8, 4) is 0 Å². The van der Waals surface area contributed by atoms with Gasteiger partial charge in [0.05, 0.1) is 25.6 Å². The first-order chi connectivity index (χ1) is 10.7. The summed E-state index contributed by atoms with van der Waals surface area (Å²) in [5, 5.41) is 0. The van der Waals surface area contributed by atoms with E-state index in [9.17, 15) is 9.59 Å². The van der Waals surface area contributed by atoms with Gasteiger partial charge in [-0.05, 0) is 24.3 Å². The highest BCUT2D eigenvalue weighted by molar-refractivity contribution is 6.18. The predicted molar refractivity (Wildman–Crippen MR) is 82.8 cm³/mol. The molecule has 2 aliphatic rings. The quantitative estimate of drug-likeness (QED) is 0.622. The van der Waals surface area contributed by atoms with E-state index in [1.165, 1.54) is 0 Å². The van der Waals surface area contributed by atoms with Gasteiger partial charge < -0.3 is 19.2 Å². The number of halogens is 1. The van der Waals surface area contributed by atoms with Gasteiger partial charge in [-0.25, -0.2) is 4.79 Å². The van der Waals surface area contributed by atoms with Gasteiger partial charge in [0.25, 0.3) is 0 Å². The van der Waals surface area contributed by atoms with E-state index < -0.39 is 0 Å². The summed E-state index contributed by atoms with van der Waals surface area (Å²) in [6.07, 6.45) is 0.249. The number of hydrogen-bond acceptors (Lipinski definition) is 5. The van der Waals surface area contributed by atoms with Crippen LogP contribution in [0, 0.1) is 0 Å². The van der Waals surface area contributed by atoms with E-state index in [1.54, 1.807) is 4.90 Å². The number of morpholine rings is 1. The Hall–Kier alpha value is -1.79. The number of ether oxygens (including phenoxy) is 2. The topological polar surface area (TPSA) is 59.1 Å². The molecule has 0 N–H and O–H groups in total. The third-order valence-electron chi connectivity index (χ3n) is 3.86. The van der Waals surface area contributed by atoms with E-state index in [1.807, 2.05) is 29.2 Å². The molecule has 1 unspecified atom stereocenters. The van der Waals surface area contributed by atoms with Crippen molar-refractivity contribution >= 4 is 35.4 Å². The maximum Gasteiger partial charge on any atom is 0.414 e. The number of benzene rings is 1. The Balaban J connectivity index is 1.75. The number of cyclic esters (lactones) is 1. The second-order valence-electron chi connectivity index (χ2n) is 5.26. The van der Waals surface area contributed by atoms with E-state index in [0.717, 1.165) is 17.7 Å². The Labute approximate surface area is 133 Å². The van der Waals surface area contributed by atoms with Crippen molar-refractivity contribution in [1.82, 2.24) is 0 Å². The lowest BCUT2D eigenvalue weighted by Gasteiger charge is -2.34. The van der Waals surface area contributed by atoms with Gasteiger partial charge in [-0.2, -0.15) is 0 Å². The maximum atomic E-state index is 11.8. The molecule has 0 spiro atoms. The van der Waals surface area contributed by atoms with Crippen LogP contribution in [0.25, 0.3) is 0 Å². The van der Waals surface area contributed by atoms with Crippen molar-refractivity contribution in [2.24, 2.45) is 0 Å². The average molecular weight is 325 g/mol. The molecule has 2 saturated heterocycles. The van der Waals surface area contributed by atoms with Crippen molar-refractivity contribution in [1.29, 1.82) is 0 Å². The highest BCUT2D eigenvalue weighted by atomic mass is 35.5. The molecule has 0 saturated carbocycles. The van der Waals surface area contributed by atoms with Crippen molar-refractivity contribution < 1.29 is 19.1 Å². The zero-order valence-electron chi connectivity index (χ0n) is 12.0. The lowest BCUT2D eigenvalue weighted by atomic mass is 10.2. The molecule has 118 valence electrons. The molecule has 6 nitrogen and oxygen atoms in total. The minimum absolute atomic E-state index is 0.267. The van der Waals surface area contributed by atoms with Gasteiger partial charge in [-0.3, -0.25) is 4.90 Å². The summed E-state index contributed by atoms with van der Waals surface area (Å²) < 4.78 is 10.5. The molecule has 2 atom stereocenters. The fraction of sp³-hybridized carbons (Fsp3) is 0.467. The summed E-state index contributed by atoms with van der Waals surface area (Å²) in [5.41, 5.74) is 1.70. The van der Waals surface area contributed by atoms with Gasteiger partial charge in [0.1, 0.15) is 18.4 Å². The van der Waals surface area contributed by atoms with Crippen LogP contribution in [0.2, 0.25) is 0 Å². The molecule has 0 bridgehead atoms. The van der Waals surface area contributed by atoms with Crippen molar-refractivity contribution in [2.45, 2.75) is 12.1 Å². The number of aldehydes is 1. The second-order valence-corrected chi connectivity index (χ2v) is 5.57. The van der Waals surface area contributed by atoms with Crippen LogP contribution in [0.1, 0.15) is 0 Å². The van der Waals surface area contributed by atoms with Crippen LogP contribution in [-0.4, -0.2) is 56.7 Å². The van der Waals surface area contributed by atoms with E-state index in [-0.39, 0.29) is 24.1 Å². The van der Waals surface area contributed by atoms with Gasteiger partial charge >= 0.3 is 6.09 Å². The van der Waals surface area contributed by atoms with Crippen LogP contribution in [0.15, 0.2) is 24.3 Å². The molecule has 2 heterocycles. The molecular formula is C15H17ClN2O4. The first kappa shape index (κ1) is 15.1. The van der Waals surface area contributed by atoms with Crippen LogP contribution < -0.4 is 9.80 Å². The standard InChI is InChI=1S/C15H17ClN2O4/c16-7-14-8-18(15(20)22-14)12-3-1-11(2-4-12)17-5-6-21-10-13(17)9-19/h1-4,9,13-14H,5-8,10H2/t13-,14?/m0/s1. The number of carbonyl (C=O) groups is 2. The molecule has 1 aromatic rings. The Kier molecular flexibility index (Phi) is 4.49. The van der Waals surface area contributed by atoms with E-state index in [0.29, 0.717) is 26.3 Å². The molecule has 0 aliphatic carbocycles. The second kappa shape index (κ2) is 6.54. The Morgan fingerprint density at radius 2 is 2.00 bits per heavy atom. The molecular weight excluding hydrogens is 308 g/mol. The van der Waals surface area contributed by atoms with Crippen molar-refractivity contribution in [3.63, 3.8) is 0 Å². The van der Waals surface area contributed by atoms with Gasteiger partial charge in [-0.15, -0.1) is 11.6 Å². The highest BCUT2D eigenvalue weighted by Gasteiger charge is 2.32. The Bertz CT molecular complexity index is 551. The average Bonchev–Trinajstić information content (AvgIpc) is 2.96. The van der Waals surface area contributed by atoms with Gasteiger partial charge in [0.2, 0.25) is 0 Å². The maximum absolute atomic E-state index is 11.8. The molecule has 7 heteroatoms. The normalized spacial score (nSPS) is 25.2. The van der Waals surface area contributed by atoms with E-state index in [4.69, 9.17) is 21.1 Å². The number of rotatable bonds is 4. The largest absolute Gasteiger partial charge is 0.443 e. The minimum atomic E-state index is -0.379. The first-order valence-corrected chi connectivity index (χ1v) is 7.70. The van der Waals surface area contributed by atoms with Crippen LogP contribution in [0.4, 0.5) is 16.2 Å². The number of anilines is 2. The van der Waals surface area contributed by atoms with E-state index in [2.05, 4.69) is 0 Å². The summed E-state index contributed by atoms with van der Waals surface area (Å²) in [6, 6.07) is 7.24. The smallest absolute Gasteiger partial charge is 0.414 e. The summed E-state index contributed by atoms with van der Waals surface area (Å²) >= 11 is 5.73. The third-order valence-corrected chi connectivity index (χ3v) is 4.21. The highest BCUT2D eigenvalue weighted by Crippen LogP contribution is 2.26. The summed E-state index contributed by atoms with van der Waals surface area (Å²) in [6.45, 7) is 2.13. The summed E-state index contributed by atoms with van der Waals surface area (Å²) in [4.78, 5) is 26.5. The van der Waals surface area contributed by atoms with Crippen LogP contribution in [0.3, 0.4) is 0 Å². The number of nitrogens with zero attached hydrogens (tertiary/aromatic N) is 2. The first-order valence-electron chi connectivity index (χ1n) is 7.17. The molecule has 2 aliphatic heterocycles. The van der Waals surface area contributed by atoms with Gasteiger partial charge in [0, 0.05) is 17.9 Å². The molecule has 1 aromatic carbocycles. The fourth-order valence-electron chi connectivity index (χ4n) is 2.69. The Morgan fingerprint density at radius 1 is 1.27 bits per heavy atom. The van der Waals surface area contributed by atoms with Gasteiger partial charge in [-0.1, -0.05) is 0 Å². The van der Waals surface area contributed by atoms with Gasteiger partial charge in [0.15, 0.2) is 0 Å². The monoisotopic (exact) mass is 324 g/mol. The van der Waals surface area contributed by atoms with E-state index >= 15 is 0 Å². The molecule has 0 aromatic heterocycles. The third kappa shape index (κ3) is 2.89. The SMILES string of the molecule is O=C[C@H]1COCCN1c1ccc(N2CC(CCl)OC2=O)cc1. The summed E-state index contributed by atoms with van der Waals surface area (Å²) in [5.74, 6) is 0.287. The lowest BCUT2D eigenvalue weighted by molar-refractivity contribution is -0.111. The minimum Gasteiger partial charge on any atom is -0.443 e. The predicted octanol–water partition coefficient (Wildman–Crippen LogP) is 1.65. The van der Waals surface area contributed by atoms with Crippen LogP contribution in [0.5, 0.6) is 0 Å². The lowest BCUT2D eigenvalue weighted by Crippen LogP contribution is -2.46. The zero-order valence-corrected chi connectivity index (χ0v) is 12.7. The number of amides is 1. The fourth-order valence-corrected chi connectivity index (χ4v) is 2.85. The van der Waals surface area contributed by atoms with Crippen LogP contribution >= 0.6 is 11.6 Å². The summed E-state index contributed by atoms with van der Waals surface area (Å²) in [7, 11) is 0. The molecule has 0 radical (unpaired) electrons. The number of hydrogen-bond donors (Lipinski definition) is 0. The molecule has 1 amide bonds. The van der Waals surface area contributed by atoms with Crippen molar-refractivity contribution in [3.05, 3.63) is 24.3 Å². The number of carbonyl (C=O) groups excluding carboxylic acids is 2. The molecule has 3 rings (SSSR count). The van der Waals surface area contributed by atoms with Crippen LogP contribution in [-0.2, 0) is 14.3 Å². The zero-order chi connectivity index (χ0) is 15.5. The Morgan fingerprint density at radius 3 is 2.64 bits per heavy atom. The van der Waals surface area contributed by atoms with Crippen molar-refractivity contribution in [2.75, 3.05) is 42.0 Å². The molecule has 2 fully saturated rings. The molecule has 22 heavy (non-hydrogen) atoms. The number of alkyl halides is 1.